The lowest BCUT2D eigenvalue weighted by Gasteiger charge is -2.07. The molecule has 0 aliphatic heterocycles. The lowest BCUT2D eigenvalue weighted by atomic mass is 10.2. The van der Waals surface area contributed by atoms with Crippen LogP contribution in [-0.4, -0.2) is 30.1 Å². The highest BCUT2D eigenvalue weighted by Gasteiger charge is 2.10. The van der Waals surface area contributed by atoms with Gasteiger partial charge in [-0.1, -0.05) is 12.1 Å². The monoisotopic (exact) mass is 333 g/mol. The third-order valence-corrected chi connectivity index (χ3v) is 4.37. The maximum Gasteiger partial charge on any atom is 0.237 e. The summed E-state index contributed by atoms with van der Waals surface area (Å²) in [6.07, 6.45) is 0. The molecular formula is C17H19NO4S. The Balaban J connectivity index is 1.87. The van der Waals surface area contributed by atoms with Crippen LogP contribution in [0.1, 0.15) is 5.56 Å². The first-order chi connectivity index (χ1) is 11.1. The van der Waals surface area contributed by atoms with E-state index < -0.39 is 10.8 Å². The normalized spacial score (nSPS) is 11.6. The van der Waals surface area contributed by atoms with E-state index in [0.717, 1.165) is 5.56 Å². The fourth-order valence-corrected chi connectivity index (χ4v) is 3.03. The number of benzene rings is 2. The van der Waals surface area contributed by atoms with Crippen molar-refractivity contribution in [1.82, 2.24) is 0 Å². The molecule has 0 aliphatic rings. The Morgan fingerprint density at radius 1 is 1.04 bits per heavy atom. The summed E-state index contributed by atoms with van der Waals surface area (Å²) in [5, 5.41) is 2.72. The van der Waals surface area contributed by atoms with Gasteiger partial charge < -0.3 is 14.8 Å². The molecule has 0 saturated carbocycles. The number of ether oxygens (including phenoxy) is 2. The van der Waals surface area contributed by atoms with Crippen LogP contribution in [0.2, 0.25) is 0 Å². The molecule has 122 valence electrons. The van der Waals surface area contributed by atoms with E-state index in [1.54, 1.807) is 38.5 Å². The van der Waals surface area contributed by atoms with Gasteiger partial charge in [0.1, 0.15) is 17.3 Å². The van der Waals surface area contributed by atoms with Crippen molar-refractivity contribution >= 4 is 22.4 Å². The van der Waals surface area contributed by atoms with Crippen molar-refractivity contribution in [2.45, 2.75) is 5.75 Å². The van der Waals surface area contributed by atoms with Crippen molar-refractivity contribution in [3.8, 4) is 11.5 Å². The molecule has 1 N–H and O–H groups in total. The molecule has 1 amide bonds. The summed E-state index contributed by atoms with van der Waals surface area (Å²) in [5.41, 5.74) is 1.52. The van der Waals surface area contributed by atoms with Crippen molar-refractivity contribution < 1.29 is 18.5 Å². The highest BCUT2D eigenvalue weighted by atomic mass is 32.2. The molecule has 23 heavy (non-hydrogen) atoms. The molecule has 2 aromatic carbocycles. The van der Waals surface area contributed by atoms with Crippen molar-refractivity contribution in [2.24, 2.45) is 0 Å². The summed E-state index contributed by atoms with van der Waals surface area (Å²) in [4.78, 5) is 11.9. The Morgan fingerprint density at radius 3 is 2.39 bits per heavy atom. The second kappa shape index (κ2) is 8.33. The second-order valence-corrected chi connectivity index (χ2v) is 6.31. The molecule has 2 aromatic rings. The minimum Gasteiger partial charge on any atom is -0.497 e. The third kappa shape index (κ3) is 5.41. The number of nitrogens with one attached hydrogen (secondary N) is 1. The minimum absolute atomic E-state index is 0.0523. The molecule has 5 nitrogen and oxygen atoms in total. The molecule has 0 spiro atoms. The summed E-state index contributed by atoms with van der Waals surface area (Å²) in [5.74, 6) is 1.40. The first kappa shape index (κ1) is 17.0. The predicted octanol–water partition coefficient (Wildman–Crippen LogP) is 2.59. The first-order valence-electron chi connectivity index (χ1n) is 7.02. The molecule has 1 atom stereocenters. The Hall–Kier alpha value is -2.34. The van der Waals surface area contributed by atoms with E-state index in [1.807, 2.05) is 24.3 Å². The Bertz CT molecular complexity index is 685. The number of carbonyl (C=O) groups is 1. The highest BCUT2D eigenvalue weighted by Crippen LogP contribution is 2.16. The van der Waals surface area contributed by atoms with Crippen molar-refractivity contribution in [2.75, 3.05) is 25.3 Å². The topological polar surface area (TPSA) is 64.6 Å². The van der Waals surface area contributed by atoms with Crippen molar-refractivity contribution in [1.29, 1.82) is 0 Å². The Morgan fingerprint density at radius 2 is 1.74 bits per heavy atom. The van der Waals surface area contributed by atoms with E-state index in [0.29, 0.717) is 22.9 Å². The molecule has 2 rings (SSSR count). The summed E-state index contributed by atoms with van der Waals surface area (Å²) in [6, 6.07) is 14.3. The highest BCUT2D eigenvalue weighted by molar-refractivity contribution is 7.84. The van der Waals surface area contributed by atoms with Gasteiger partial charge in [0.2, 0.25) is 5.91 Å². The van der Waals surface area contributed by atoms with Crippen LogP contribution in [0.4, 0.5) is 5.69 Å². The molecule has 0 fully saturated rings. The fraction of sp³-hybridized carbons (Fsp3) is 0.235. The van der Waals surface area contributed by atoms with Crippen LogP contribution in [0.5, 0.6) is 11.5 Å². The summed E-state index contributed by atoms with van der Waals surface area (Å²) >= 11 is 0. The zero-order chi connectivity index (χ0) is 16.7. The van der Waals surface area contributed by atoms with Gasteiger partial charge in [-0.05, 0) is 42.0 Å². The molecule has 0 heterocycles. The van der Waals surface area contributed by atoms with Crippen LogP contribution >= 0.6 is 0 Å². The quantitative estimate of drug-likeness (QED) is 0.846. The first-order valence-corrected chi connectivity index (χ1v) is 8.51. The van der Waals surface area contributed by atoms with Crippen LogP contribution in [-0.2, 0) is 21.3 Å². The third-order valence-electron chi connectivity index (χ3n) is 3.13. The van der Waals surface area contributed by atoms with Crippen molar-refractivity contribution in [3.63, 3.8) is 0 Å². The minimum atomic E-state index is -1.28. The maximum absolute atomic E-state index is 12.1. The van der Waals surface area contributed by atoms with E-state index in [1.165, 1.54) is 0 Å². The number of rotatable bonds is 7. The van der Waals surface area contributed by atoms with Gasteiger partial charge in [0.25, 0.3) is 0 Å². The van der Waals surface area contributed by atoms with Gasteiger partial charge in [0, 0.05) is 22.2 Å². The maximum atomic E-state index is 12.1. The Kier molecular flexibility index (Phi) is 6.17. The van der Waals surface area contributed by atoms with Crippen LogP contribution in [0.25, 0.3) is 0 Å². The molecule has 0 unspecified atom stereocenters. The number of methoxy groups -OCH3 is 2. The van der Waals surface area contributed by atoms with E-state index in [4.69, 9.17) is 9.47 Å². The second-order valence-electron chi connectivity index (χ2n) is 4.86. The van der Waals surface area contributed by atoms with Gasteiger partial charge in [0.05, 0.1) is 14.2 Å². The van der Waals surface area contributed by atoms with Crippen LogP contribution in [0, 0.1) is 0 Å². The van der Waals surface area contributed by atoms with Gasteiger partial charge >= 0.3 is 0 Å². The smallest absolute Gasteiger partial charge is 0.237 e. The summed E-state index contributed by atoms with van der Waals surface area (Å²) < 4.78 is 22.3. The average Bonchev–Trinajstić information content (AvgIpc) is 2.55. The van der Waals surface area contributed by atoms with Crippen LogP contribution < -0.4 is 14.8 Å². The number of hydrogen-bond donors (Lipinski definition) is 1. The molecule has 0 bridgehead atoms. The van der Waals surface area contributed by atoms with Gasteiger partial charge in [-0.25, -0.2) is 0 Å². The van der Waals surface area contributed by atoms with Crippen molar-refractivity contribution in [3.05, 3.63) is 54.1 Å². The van der Waals surface area contributed by atoms with E-state index in [9.17, 15) is 9.00 Å². The average molecular weight is 333 g/mol. The van der Waals surface area contributed by atoms with E-state index in [2.05, 4.69) is 5.32 Å². The van der Waals surface area contributed by atoms with Gasteiger partial charge in [-0.3, -0.25) is 9.00 Å². The summed E-state index contributed by atoms with van der Waals surface area (Å²) in [7, 11) is 1.88. The van der Waals surface area contributed by atoms with E-state index >= 15 is 0 Å². The van der Waals surface area contributed by atoms with Gasteiger partial charge in [0.15, 0.2) is 0 Å². The van der Waals surface area contributed by atoms with Gasteiger partial charge in [-0.15, -0.1) is 0 Å². The molecular weight excluding hydrogens is 314 g/mol. The van der Waals surface area contributed by atoms with Gasteiger partial charge in [-0.2, -0.15) is 0 Å². The number of carbonyl (C=O) groups excluding carboxylic acids is 1. The molecule has 0 saturated heterocycles. The zero-order valence-electron chi connectivity index (χ0n) is 13.1. The molecule has 0 aromatic heterocycles. The molecule has 0 radical (unpaired) electrons. The van der Waals surface area contributed by atoms with Crippen LogP contribution in [0.15, 0.2) is 48.5 Å². The lowest BCUT2D eigenvalue weighted by molar-refractivity contribution is -0.113. The molecule has 6 heteroatoms. The fourth-order valence-electron chi connectivity index (χ4n) is 2.02. The van der Waals surface area contributed by atoms with E-state index in [-0.39, 0.29) is 11.7 Å². The molecule has 0 aliphatic carbocycles. The van der Waals surface area contributed by atoms with Crippen LogP contribution in [0.3, 0.4) is 0 Å². The largest absolute Gasteiger partial charge is 0.497 e. The number of hydrogen-bond acceptors (Lipinski definition) is 4. The lowest BCUT2D eigenvalue weighted by Crippen LogP contribution is -2.20. The number of amides is 1. The number of anilines is 1. The standard InChI is InChI=1S/C17H19NO4S/c1-21-15-8-6-14(7-9-15)18-17(19)12-23(20)11-13-4-3-5-16(10-13)22-2/h3-10H,11-12H2,1-2H3,(H,18,19)/t23-/m1/s1. The zero-order valence-corrected chi connectivity index (χ0v) is 13.9. The summed E-state index contributed by atoms with van der Waals surface area (Å²) in [6.45, 7) is 0. The SMILES string of the molecule is COc1ccc(NC(=O)C[S@](=O)Cc2cccc(OC)c2)cc1. The predicted molar refractivity (Wildman–Crippen MR) is 91.3 cm³/mol. The Labute approximate surface area is 138 Å².